The number of aryl methyl sites for hydroxylation is 1. The number of hydrogen-bond donors (Lipinski definition) is 1. The summed E-state index contributed by atoms with van der Waals surface area (Å²) in [7, 11) is 0. The van der Waals surface area contributed by atoms with Gasteiger partial charge in [-0.3, -0.25) is 9.59 Å². The Bertz CT molecular complexity index is 967. The van der Waals surface area contributed by atoms with Gasteiger partial charge in [0.15, 0.2) is 11.5 Å². The lowest BCUT2D eigenvalue weighted by atomic mass is 10.00. The molecular weight excluding hydrogens is 368 g/mol. The number of carbonyl (C=O) groups is 2. The Morgan fingerprint density at radius 3 is 2.69 bits per heavy atom. The molecule has 1 saturated carbocycles. The summed E-state index contributed by atoms with van der Waals surface area (Å²) in [5, 5.41) is 2.99. The van der Waals surface area contributed by atoms with Crippen LogP contribution in [0.1, 0.15) is 30.4 Å². The van der Waals surface area contributed by atoms with Crippen LogP contribution in [0, 0.1) is 5.92 Å². The van der Waals surface area contributed by atoms with Crippen molar-refractivity contribution in [1.82, 2.24) is 0 Å². The molecule has 1 aliphatic carbocycles. The lowest BCUT2D eigenvalue weighted by Crippen LogP contribution is -2.36. The maximum Gasteiger partial charge on any atom is 0.230 e. The fourth-order valence-electron chi connectivity index (χ4n) is 4.04. The van der Waals surface area contributed by atoms with Gasteiger partial charge in [0.05, 0.1) is 6.42 Å². The summed E-state index contributed by atoms with van der Waals surface area (Å²) in [5.74, 6) is 1.80. The molecule has 1 fully saturated rings. The number of fused-ring (bicyclic) bond motifs is 2. The van der Waals surface area contributed by atoms with E-state index >= 15 is 0 Å². The van der Waals surface area contributed by atoms with E-state index < -0.39 is 0 Å². The number of benzene rings is 2. The van der Waals surface area contributed by atoms with E-state index in [4.69, 9.17) is 9.47 Å². The smallest absolute Gasteiger partial charge is 0.230 e. The van der Waals surface area contributed by atoms with Crippen molar-refractivity contribution < 1.29 is 19.1 Å². The van der Waals surface area contributed by atoms with Gasteiger partial charge in [0.25, 0.3) is 0 Å². The Morgan fingerprint density at radius 2 is 1.86 bits per heavy atom. The Labute approximate surface area is 169 Å². The van der Waals surface area contributed by atoms with Crippen molar-refractivity contribution in [2.24, 2.45) is 5.92 Å². The highest BCUT2D eigenvalue weighted by molar-refractivity contribution is 5.98. The van der Waals surface area contributed by atoms with Crippen LogP contribution in [-0.4, -0.2) is 31.6 Å². The number of hydrogen-bond acceptors (Lipinski definition) is 4. The SMILES string of the molecule is O=C(Cc1ccc2c(c1)OCCO2)Nc1ccc2c(c1)CCCN2C(=O)C1CC1. The summed E-state index contributed by atoms with van der Waals surface area (Å²) < 4.78 is 11.1. The van der Waals surface area contributed by atoms with Crippen LogP contribution in [0.3, 0.4) is 0 Å². The third kappa shape index (κ3) is 3.79. The molecule has 6 nitrogen and oxygen atoms in total. The van der Waals surface area contributed by atoms with Gasteiger partial charge >= 0.3 is 0 Å². The highest BCUT2D eigenvalue weighted by atomic mass is 16.6. The van der Waals surface area contributed by atoms with Crippen LogP contribution in [0.2, 0.25) is 0 Å². The van der Waals surface area contributed by atoms with E-state index in [1.807, 2.05) is 41.3 Å². The third-order valence-electron chi connectivity index (χ3n) is 5.65. The van der Waals surface area contributed by atoms with Crippen LogP contribution in [-0.2, 0) is 22.4 Å². The average Bonchev–Trinajstić information content (AvgIpc) is 3.58. The van der Waals surface area contributed by atoms with Gasteiger partial charge in [-0.1, -0.05) is 6.07 Å². The molecule has 0 bridgehead atoms. The van der Waals surface area contributed by atoms with Crippen molar-refractivity contribution in [2.75, 3.05) is 30.0 Å². The molecule has 0 spiro atoms. The minimum atomic E-state index is -0.0802. The molecule has 3 aliphatic rings. The molecule has 0 atom stereocenters. The van der Waals surface area contributed by atoms with Gasteiger partial charge < -0.3 is 19.7 Å². The Morgan fingerprint density at radius 1 is 1.03 bits per heavy atom. The van der Waals surface area contributed by atoms with Crippen molar-refractivity contribution in [1.29, 1.82) is 0 Å². The quantitative estimate of drug-likeness (QED) is 0.867. The first-order valence-corrected chi connectivity index (χ1v) is 10.3. The number of carbonyl (C=O) groups excluding carboxylic acids is 2. The van der Waals surface area contributed by atoms with Gasteiger partial charge in [0.1, 0.15) is 13.2 Å². The number of nitrogens with one attached hydrogen (secondary N) is 1. The monoisotopic (exact) mass is 392 g/mol. The predicted octanol–water partition coefficient (Wildman–Crippen LogP) is 3.33. The zero-order chi connectivity index (χ0) is 19.8. The molecule has 2 aromatic carbocycles. The minimum absolute atomic E-state index is 0.0802. The first-order valence-electron chi connectivity index (χ1n) is 10.3. The van der Waals surface area contributed by atoms with E-state index in [9.17, 15) is 9.59 Å². The molecule has 2 heterocycles. The van der Waals surface area contributed by atoms with Crippen LogP contribution in [0.15, 0.2) is 36.4 Å². The maximum atomic E-state index is 12.5. The first kappa shape index (κ1) is 18.0. The molecule has 0 radical (unpaired) electrons. The van der Waals surface area contributed by atoms with Crippen LogP contribution >= 0.6 is 0 Å². The maximum absolute atomic E-state index is 12.5. The third-order valence-corrected chi connectivity index (χ3v) is 5.65. The van der Waals surface area contributed by atoms with E-state index in [0.717, 1.165) is 60.5 Å². The molecule has 2 aromatic rings. The van der Waals surface area contributed by atoms with E-state index in [2.05, 4.69) is 5.32 Å². The number of anilines is 2. The number of rotatable bonds is 4. The lowest BCUT2D eigenvalue weighted by Gasteiger charge is -2.30. The summed E-state index contributed by atoms with van der Waals surface area (Å²) in [6.07, 6.45) is 4.17. The summed E-state index contributed by atoms with van der Waals surface area (Å²) in [6, 6.07) is 11.5. The standard InChI is InChI=1S/C23H24N2O4/c26-22(13-15-3-8-20-21(12-15)29-11-10-28-20)24-18-6-7-19-17(14-18)2-1-9-25(19)23(27)16-4-5-16/h3,6-8,12,14,16H,1-2,4-5,9-11,13H2,(H,24,26). The number of amides is 2. The Hall–Kier alpha value is -3.02. The Kier molecular flexibility index (Phi) is 4.62. The normalized spacial score (nSPS) is 17.4. The fourth-order valence-corrected chi connectivity index (χ4v) is 4.04. The highest BCUT2D eigenvalue weighted by Crippen LogP contribution is 2.36. The first-order chi connectivity index (χ1) is 14.2. The zero-order valence-electron chi connectivity index (χ0n) is 16.3. The summed E-state index contributed by atoms with van der Waals surface area (Å²) >= 11 is 0. The molecule has 5 rings (SSSR count). The highest BCUT2D eigenvalue weighted by Gasteiger charge is 2.35. The average molecular weight is 392 g/mol. The van der Waals surface area contributed by atoms with Crippen LogP contribution < -0.4 is 19.7 Å². The van der Waals surface area contributed by atoms with Gasteiger partial charge in [-0.2, -0.15) is 0 Å². The van der Waals surface area contributed by atoms with Crippen LogP contribution in [0.25, 0.3) is 0 Å². The molecular formula is C23H24N2O4. The topological polar surface area (TPSA) is 67.9 Å². The van der Waals surface area contributed by atoms with E-state index in [1.54, 1.807) is 0 Å². The van der Waals surface area contributed by atoms with Gasteiger partial charge in [-0.25, -0.2) is 0 Å². The second-order valence-electron chi connectivity index (χ2n) is 7.91. The molecule has 2 aliphatic heterocycles. The van der Waals surface area contributed by atoms with Crippen molar-refractivity contribution in [3.8, 4) is 11.5 Å². The van der Waals surface area contributed by atoms with Gasteiger partial charge in [0.2, 0.25) is 11.8 Å². The van der Waals surface area contributed by atoms with Gasteiger partial charge in [-0.05, 0) is 67.1 Å². The zero-order valence-corrected chi connectivity index (χ0v) is 16.3. The lowest BCUT2D eigenvalue weighted by molar-refractivity contribution is -0.120. The van der Waals surface area contributed by atoms with Gasteiger partial charge in [0, 0.05) is 23.8 Å². The number of nitrogens with zero attached hydrogens (tertiary/aromatic N) is 1. The molecule has 6 heteroatoms. The van der Waals surface area contributed by atoms with Crippen molar-refractivity contribution in [3.63, 3.8) is 0 Å². The second-order valence-corrected chi connectivity index (χ2v) is 7.91. The van der Waals surface area contributed by atoms with Crippen LogP contribution in [0.4, 0.5) is 11.4 Å². The number of ether oxygens (including phenoxy) is 2. The molecule has 150 valence electrons. The van der Waals surface area contributed by atoms with E-state index in [0.29, 0.717) is 19.0 Å². The molecule has 1 N–H and O–H groups in total. The van der Waals surface area contributed by atoms with Crippen LogP contribution in [0.5, 0.6) is 11.5 Å². The van der Waals surface area contributed by atoms with E-state index in [-0.39, 0.29) is 24.2 Å². The molecule has 0 aromatic heterocycles. The largest absolute Gasteiger partial charge is 0.486 e. The van der Waals surface area contributed by atoms with Crippen molar-refractivity contribution in [3.05, 3.63) is 47.5 Å². The fraction of sp³-hybridized carbons (Fsp3) is 0.391. The molecule has 29 heavy (non-hydrogen) atoms. The minimum Gasteiger partial charge on any atom is -0.486 e. The summed E-state index contributed by atoms with van der Waals surface area (Å²) in [4.78, 5) is 27.0. The molecule has 0 unspecified atom stereocenters. The molecule has 0 saturated heterocycles. The second kappa shape index (κ2) is 7.43. The Balaban J connectivity index is 1.27. The van der Waals surface area contributed by atoms with Crippen molar-refractivity contribution >= 4 is 23.2 Å². The van der Waals surface area contributed by atoms with Crippen molar-refractivity contribution in [2.45, 2.75) is 32.1 Å². The summed E-state index contributed by atoms with van der Waals surface area (Å²) in [6.45, 7) is 1.87. The van der Waals surface area contributed by atoms with E-state index in [1.165, 1.54) is 0 Å². The predicted molar refractivity (Wildman–Crippen MR) is 110 cm³/mol. The van der Waals surface area contributed by atoms with Gasteiger partial charge in [-0.15, -0.1) is 0 Å². The molecule has 2 amide bonds. The summed E-state index contributed by atoms with van der Waals surface area (Å²) in [5.41, 5.74) is 3.78.